The largest absolute Gasteiger partial charge is 0.353 e. The van der Waals surface area contributed by atoms with Crippen molar-refractivity contribution in [3.05, 3.63) is 114 Å². The first-order chi connectivity index (χ1) is 20.8. The van der Waals surface area contributed by atoms with Gasteiger partial charge in [-0.1, -0.05) is 84.9 Å². The first-order valence-electron chi connectivity index (χ1n) is 15.4. The third kappa shape index (κ3) is 6.54. The SMILES string of the molecule is CN(CC1(CCN2CCC(NC(=O)Cc3ccccc3)CC2)CCc2ccccc21)S(=O)(=O)c1ccc2ccccc2c1. The number of hydrogen-bond acceptors (Lipinski definition) is 4. The van der Waals surface area contributed by atoms with Gasteiger partial charge in [0.1, 0.15) is 0 Å². The number of likely N-dealkylation sites (tertiary alicyclic amines) is 1. The van der Waals surface area contributed by atoms with E-state index in [4.69, 9.17) is 0 Å². The average Bonchev–Trinajstić information content (AvgIpc) is 3.39. The van der Waals surface area contributed by atoms with Crippen molar-refractivity contribution in [1.82, 2.24) is 14.5 Å². The lowest BCUT2D eigenvalue weighted by Crippen LogP contribution is -2.47. The molecule has 4 aromatic carbocycles. The number of carbonyl (C=O) groups excluding carboxylic acids is 1. The van der Waals surface area contributed by atoms with Crippen LogP contribution in [-0.4, -0.2) is 62.8 Å². The van der Waals surface area contributed by atoms with Crippen LogP contribution >= 0.6 is 0 Å². The number of carbonyl (C=O) groups is 1. The summed E-state index contributed by atoms with van der Waals surface area (Å²) in [6.07, 6.45) is 5.08. The molecule has 1 amide bonds. The summed E-state index contributed by atoms with van der Waals surface area (Å²) in [6, 6.07) is 31.9. The number of sulfonamides is 1. The predicted molar refractivity (Wildman–Crippen MR) is 173 cm³/mol. The third-order valence-electron chi connectivity index (χ3n) is 9.48. The molecule has 4 aromatic rings. The van der Waals surface area contributed by atoms with Crippen LogP contribution in [0.5, 0.6) is 0 Å². The van der Waals surface area contributed by atoms with Crippen LogP contribution in [0.1, 0.15) is 42.4 Å². The van der Waals surface area contributed by atoms with E-state index in [1.807, 2.05) is 60.7 Å². The molecule has 0 radical (unpaired) electrons. The Kier molecular flexibility index (Phi) is 8.66. The summed E-state index contributed by atoms with van der Waals surface area (Å²) < 4.78 is 29.3. The minimum atomic E-state index is -3.66. The Bertz CT molecular complexity index is 1680. The molecule has 1 aliphatic heterocycles. The zero-order valence-electron chi connectivity index (χ0n) is 24.9. The van der Waals surface area contributed by atoms with Gasteiger partial charge in [-0.25, -0.2) is 12.7 Å². The lowest BCUT2D eigenvalue weighted by Gasteiger charge is -2.38. The van der Waals surface area contributed by atoms with Crippen LogP contribution in [0.3, 0.4) is 0 Å². The number of fused-ring (bicyclic) bond motifs is 2. The van der Waals surface area contributed by atoms with Gasteiger partial charge in [0, 0.05) is 38.1 Å². The van der Waals surface area contributed by atoms with Gasteiger partial charge in [-0.05, 0) is 78.2 Å². The van der Waals surface area contributed by atoms with E-state index in [-0.39, 0.29) is 17.4 Å². The number of nitrogens with one attached hydrogen (secondary N) is 1. The summed E-state index contributed by atoms with van der Waals surface area (Å²) >= 11 is 0. The minimum absolute atomic E-state index is 0.0850. The van der Waals surface area contributed by atoms with Gasteiger partial charge >= 0.3 is 0 Å². The highest BCUT2D eigenvalue weighted by Crippen LogP contribution is 2.43. The summed E-state index contributed by atoms with van der Waals surface area (Å²) in [4.78, 5) is 15.4. The number of rotatable bonds is 10. The van der Waals surface area contributed by atoms with Crippen LogP contribution in [-0.2, 0) is 33.1 Å². The van der Waals surface area contributed by atoms with E-state index < -0.39 is 10.0 Å². The second-order valence-electron chi connectivity index (χ2n) is 12.3. The maximum Gasteiger partial charge on any atom is 0.242 e. The van der Waals surface area contributed by atoms with Gasteiger partial charge in [0.25, 0.3) is 0 Å². The number of amides is 1. The van der Waals surface area contributed by atoms with E-state index in [0.29, 0.717) is 17.9 Å². The molecular weight excluding hydrogens is 554 g/mol. The summed E-state index contributed by atoms with van der Waals surface area (Å²) in [7, 11) is -1.93. The van der Waals surface area contributed by atoms with E-state index in [9.17, 15) is 13.2 Å². The first-order valence-corrected chi connectivity index (χ1v) is 16.9. The van der Waals surface area contributed by atoms with Crippen LogP contribution in [0.25, 0.3) is 10.8 Å². The number of likely N-dealkylation sites (N-methyl/N-ethyl adjacent to an activating group) is 1. The maximum absolute atomic E-state index is 13.8. The highest BCUT2D eigenvalue weighted by Gasteiger charge is 2.41. The maximum atomic E-state index is 13.8. The second kappa shape index (κ2) is 12.6. The Balaban J connectivity index is 1.11. The summed E-state index contributed by atoms with van der Waals surface area (Å²) in [5.41, 5.74) is 3.42. The van der Waals surface area contributed by atoms with E-state index in [1.54, 1.807) is 23.5 Å². The van der Waals surface area contributed by atoms with Crippen molar-refractivity contribution < 1.29 is 13.2 Å². The molecule has 1 fully saturated rings. The lowest BCUT2D eigenvalue weighted by molar-refractivity contribution is -0.121. The van der Waals surface area contributed by atoms with Crippen LogP contribution < -0.4 is 5.32 Å². The molecule has 1 aliphatic carbocycles. The lowest BCUT2D eigenvalue weighted by atomic mass is 9.78. The molecule has 2 aliphatic rings. The van der Waals surface area contributed by atoms with Crippen LogP contribution in [0, 0.1) is 0 Å². The molecule has 1 atom stereocenters. The molecule has 1 unspecified atom stereocenters. The van der Waals surface area contributed by atoms with E-state index in [1.165, 1.54) is 11.1 Å². The number of nitrogens with zero attached hydrogens (tertiary/aromatic N) is 2. The fourth-order valence-electron chi connectivity index (χ4n) is 7.02. The van der Waals surface area contributed by atoms with E-state index in [2.05, 4.69) is 34.5 Å². The fourth-order valence-corrected chi connectivity index (χ4v) is 8.31. The Morgan fingerprint density at radius 2 is 1.60 bits per heavy atom. The van der Waals surface area contributed by atoms with Gasteiger partial charge in [-0.15, -0.1) is 0 Å². The van der Waals surface area contributed by atoms with Crippen molar-refractivity contribution in [2.45, 2.75) is 54.9 Å². The number of benzene rings is 4. The molecule has 1 saturated heterocycles. The Morgan fingerprint density at radius 3 is 2.40 bits per heavy atom. The van der Waals surface area contributed by atoms with Crippen molar-refractivity contribution in [1.29, 1.82) is 0 Å². The molecule has 0 spiro atoms. The first kappa shape index (κ1) is 29.5. The van der Waals surface area contributed by atoms with Gasteiger partial charge in [-0.3, -0.25) is 4.79 Å². The Labute approximate surface area is 255 Å². The Hall–Kier alpha value is -3.52. The normalized spacial score (nSPS) is 19.5. The van der Waals surface area contributed by atoms with Crippen LogP contribution in [0.4, 0.5) is 0 Å². The molecule has 0 aromatic heterocycles. The molecular formula is C36H41N3O3S. The minimum Gasteiger partial charge on any atom is -0.353 e. The van der Waals surface area contributed by atoms with Crippen molar-refractivity contribution in [2.24, 2.45) is 0 Å². The molecule has 6 rings (SSSR count). The smallest absolute Gasteiger partial charge is 0.242 e. The highest BCUT2D eigenvalue weighted by atomic mass is 32.2. The van der Waals surface area contributed by atoms with Crippen LogP contribution in [0.2, 0.25) is 0 Å². The molecule has 0 bridgehead atoms. The van der Waals surface area contributed by atoms with E-state index in [0.717, 1.165) is 68.1 Å². The summed E-state index contributed by atoms with van der Waals surface area (Å²) in [5, 5.41) is 5.20. The predicted octanol–water partition coefficient (Wildman–Crippen LogP) is 5.56. The second-order valence-corrected chi connectivity index (χ2v) is 14.3. The van der Waals surface area contributed by atoms with Crippen LogP contribution in [0.15, 0.2) is 102 Å². The van der Waals surface area contributed by atoms with Gasteiger partial charge in [0.15, 0.2) is 0 Å². The molecule has 6 nitrogen and oxygen atoms in total. The van der Waals surface area contributed by atoms with Gasteiger partial charge < -0.3 is 10.2 Å². The van der Waals surface area contributed by atoms with Gasteiger partial charge in [0.2, 0.25) is 15.9 Å². The van der Waals surface area contributed by atoms with Crippen molar-refractivity contribution in [2.75, 3.05) is 33.2 Å². The fraction of sp³-hybridized carbons (Fsp3) is 0.361. The number of aryl methyl sites for hydroxylation is 1. The zero-order chi connectivity index (χ0) is 29.9. The highest BCUT2D eigenvalue weighted by molar-refractivity contribution is 7.89. The Morgan fingerprint density at radius 1 is 0.907 bits per heavy atom. The molecule has 0 saturated carbocycles. The molecule has 7 heteroatoms. The quantitative estimate of drug-likeness (QED) is 0.261. The standard InChI is InChI=1S/C36H41N3O3S/c1-38(43(41,42)33-16-15-29-11-5-6-13-31(29)26-33)27-36(20-17-30-12-7-8-14-34(30)36)21-24-39-22-18-32(19-23-39)37-35(40)25-28-9-3-2-4-10-28/h2-16,26,32H,17-25,27H2,1H3,(H,37,40). The number of piperidine rings is 1. The molecule has 224 valence electrons. The summed E-state index contributed by atoms with van der Waals surface area (Å²) in [5.74, 6) is 0.0850. The van der Waals surface area contributed by atoms with E-state index >= 15 is 0 Å². The zero-order valence-corrected chi connectivity index (χ0v) is 25.7. The summed E-state index contributed by atoms with van der Waals surface area (Å²) in [6.45, 7) is 3.21. The molecule has 1 heterocycles. The third-order valence-corrected chi connectivity index (χ3v) is 11.3. The molecule has 43 heavy (non-hydrogen) atoms. The molecule has 1 N–H and O–H groups in total. The van der Waals surface area contributed by atoms with Crippen molar-refractivity contribution in [3.8, 4) is 0 Å². The van der Waals surface area contributed by atoms with Gasteiger partial charge in [-0.2, -0.15) is 0 Å². The van der Waals surface area contributed by atoms with Gasteiger partial charge in [0.05, 0.1) is 11.3 Å². The topological polar surface area (TPSA) is 69.7 Å². The van der Waals surface area contributed by atoms with Crippen molar-refractivity contribution >= 4 is 26.7 Å². The monoisotopic (exact) mass is 595 g/mol. The van der Waals surface area contributed by atoms with Crippen molar-refractivity contribution in [3.63, 3.8) is 0 Å². The number of hydrogen-bond donors (Lipinski definition) is 1. The average molecular weight is 596 g/mol.